The fourth-order valence-electron chi connectivity index (χ4n) is 3.31. The van der Waals surface area contributed by atoms with E-state index in [0.29, 0.717) is 11.8 Å². The van der Waals surface area contributed by atoms with Crippen LogP contribution in [0.15, 0.2) is 18.3 Å². The second-order valence-electron chi connectivity index (χ2n) is 5.71. The lowest BCUT2D eigenvalue weighted by atomic mass is 10.00. The Labute approximate surface area is 108 Å². The van der Waals surface area contributed by atoms with Gasteiger partial charge in [-0.15, -0.1) is 0 Å². The number of anilines is 1. The summed E-state index contributed by atoms with van der Waals surface area (Å²) in [4.78, 5) is 6.74. The van der Waals surface area contributed by atoms with Gasteiger partial charge >= 0.3 is 0 Å². The molecule has 4 nitrogen and oxygen atoms in total. The van der Waals surface area contributed by atoms with Crippen molar-refractivity contribution in [2.24, 2.45) is 17.6 Å². The van der Waals surface area contributed by atoms with E-state index in [0.717, 1.165) is 37.3 Å². The Morgan fingerprint density at radius 3 is 3.00 bits per heavy atom. The lowest BCUT2D eigenvalue weighted by Gasteiger charge is -2.20. The van der Waals surface area contributed by atoms with Gasteiger partial charge in [0, 0.05) is 31.2 Å². The zero-order valence-corrected chi connectivity index (χ0v) is 10.8. The number of nitrogens with zero attached hydrogens (tertiary/aromatic N) is 2. The molecular formula is C14H21N3O. The molecule has 98 valence electrons. The maximum absolute atomic E-state index is 9.94. The van der Waals surface area contributed by atoms with E-state index in [4.69, 9.17) is 5.73 Å². The van der Waals surface area contributed by atoms with E-state index in [2.05, 4.69) is 16.0 Å². The first-order valence-electron chi connectivity index (χ1n) is 6.79. The van der Waals surface area contributed by atoms with Crippen LogP contribution in [0.1, 0.15) is 31.4 Å². The minimum Gasteiger partial charge on any atom is -0.393 e. The molecular weight excluding hydrogens is 226 g/mol. The maximum Gasteiger partial charge on any atom is 0.128 e. The fourth-order valence-corrected chi connectivity index (χ4v) is 3.31. The van der Waals surface area contributed by atoms with Gasteiger partial charge in [-0.1, -0.05) is 0 Å². The molecule has 0 aromatic carbocycles. The van der Waals surface area contributed by atoms with Crippen molar-refractivity contribution < 1.29 is 5.11 Å². The Bertz CT molecular complexity index is 435. The largest absolute Gasteiger partial charge is 0.393 e. The lowest BCUT2D eigenvalue weighted by Crippen LogP contribution is -2.25. The minimum atomic E-state index is -0.114. The summed E-state index contributed by atoms with van der Waals surface area (Å²) < 4.78 is 0. The van der Waals surface area contributed by atoms with Crippen molar-refractivity contribution in [2.75, 3.05) is 18.0 Å². The predicted molar refractivity (Wildman–Crippen MR) is 71.3 cm³/mol. The lowest BCUT2D eigenvalue weighted by molar-refractivity contribution is 0.133. The van der Waals surface area contributed by atoms with E-state index >= 15 is 0 Å². The van der Waals surface area contributed by atoms with E-state index in [9.17, 15) is 5.11 Å². The number of pyridine rings is 1. The number of rotatable bonds is 2. The van der Waals surface area contributed by atoms with Crippen molar-refractivity contribution in [3.05, 3.63) is 23.9 Å². The summed E-state index contributed by atoms with van der Waals surface area (Å²) in [6.07, 6.45) is 3.83. The number of aliphatic hydroxyl groups is 1. The topological polar surface area (TPSA) is 62.4 Å². The van der Waals surface area contributed by atoms with Gasteiger partial charge in [0.1, 0.15) is 5.82 Å². The molecule has 4 atom stereocenters. The summed E-state index contributed by atoms with van der Waals surface area (Å²) in [6, 6.07) is 4.09. The van der Waals surface area contributed by atoms with E-state index in [1.807, 2.05) is 19.2 Å². The third-order valence-electron chi connectivity index (χ3n) is 4.44. The highest BCUT2D eigenvalue weighted by Crippen LogP contribution is 2.39. The van der Waals surface area contributed by atoms with Gasteiger partial charge in [0.25, 0.3) is 0 Å². The second-order valence-corrected chi connectivity index (χ2v) is 5.71. The SMILES string of the molecule is C[C@@H](N)c1ccnc(N2CC3CCC(O)C3C2)c1. The Hall–Kier alpha value is -1.13. The fraction of sp³-hybridized carbons (Fsp3) is 0.643. The van der Waals surface area contributed by atoms with Crippen molar-refractivity contribution in [2.45, 2.75) is 31.9 Å². The van der Waals surface area contributed by atoms with Crippen LogP contribution < -0.4 is 10.6 Å². The van der Waals surface area contributed by atoms with Crippen LogP contribution in [0.4, 0.5) is 5.82 Å². The zero-order valence-electron chi connectivity index (χ0n) is 10.8. The Morgan fingerprint density at radius 1 is 1.44 bits per heavy atom. The highest BCUT2D eigenvalue weighted by atomic mass is 16.3. The van der Waals surface area contributed by atoms with E-state index < -0.39 is 0 Å². The highest BCUT2D eigenvalue weighted by Gasteiger charge is 2.42. The summed E-state index contributed by atoms with van der Waals surface area (Å²) in [5.74, 6) is 2.08. The first kappa shape index (κ1) is 11.9. The van der Waals surface area contributed by atoms with Crippen molar-refractivity contribution in [3.63, 3.8) is 0 Å². The number of aromatic nitrogens is 1. The average Bonchev–Trinajstić information content (AvgIpc) is 2.92. The van der Waals surface area contributed by atoms with Gasteiger partial charge in [-0.05, 0) is 43.4 Å². The van der Waals surface area contributed by atoms with Crippen LogP contribution in [0, 0.1) is 11.8 Å². The molecule has 3 N–H and O–H groups in total. The molecule has 3 unspecified atom stereocenters. The summed E-state index contributed by atoms with van der Waals surface area (Å²) in [5, 5.41) is 9.94. The van der Waals surface area contributed by atoms with Crippen LogP contribution in [0.2, 0.25) is 0 Å². The van der Waals surface area contributed by atoms with Gasteiger partial charge < -0.3 is 15.7 Å². The van der Waals surface area contributed by atoms with Gasteiger partial charge in [0.2, 0.25) is 0 Å². The van der Waals surface area contributed by atoms with Crippen LogP contribution in [-0.2, 0) is 0 Å². The van der Waals surface area contributed by atoms with Gasteiger partial charge in [-0.3, -0.25) is 0 Å². The van der Waals surface area contributed by atoms with E-state index in [-0.39, 0.29) is 12.1 Å². The van der Waals surface area contributed by atoms with Crippen molar-refractivity contribution >= 4 is 5.82 Å². The molecule has 3 rings (SSSR count). The van der Waals surface area contributed by atoms with Crippen LogP contribution in [-0.4, -0.2) is 29.3 Å². The van der Waals surface area contributed by atoms with Crippen molar-refractivity contribution in [3.8, 4) is 0 Å². The third-order valence-corrected chi connectivity index (χ3v) is 4.44. The molecule has 1 aromatic rings. The number of hydrogen-bond acceptors (Lipinski definition) is 4. The molecule has 2 aliphatic rings. The van der Waals surface area contributed by atoms with Crippen molar-refractivity contribution in [1.82, 2.24) is 4.98 Å². The number of aliphatic hydroxyl groups excluding tert-OH is 1. The standard InChI is InChI=1S/C14H21N3O/c1-9(15)10-4-5-16-14(6-10)17-7-11-2-3-13(18)12(11)8-17/h4-6,9,11-13,18H,2-3,7-8,15H2,1H3/t9-,11?,12?,13?/m1/s1. The Morgan fingerprint density at radius 2 is 2.28 bits per heavy atom. The summed E-state index contributed by atoms with van der Waals surface area (Å²) in [6.45, 7) is 3.94. The van der Waals surface area contributed by atoms with Gasteiger partial charge in [0.05, 0.1) is 6.10 Å². The molecule has 0 bridgehead atoms. The normalized spacial score (nSPS) is 32.6. The first-order chi connectivity index (χ1) is 8.65. The molecule has 0 radical (unpaired) electrons. The zero-order chi connectivity index (χ0) is 12.7. The van der Waals surface area contributed by atoms with E-state index in [1.54, 1.807) is 0 Å². The molecule has 1 saturated carbocycles. The molecule has 2 fully saturated rings. The smallest absolute Gasteiger partial charge is 0.128 e. The number of fused-ring (bicyclic) bond motifs is 1. The third kappa shape index (κ3) is 1.99. The molecule has 1 saturated heterocycles. The van der Waals surface area contributed by atoms with E-state index in [1.165, 1.54) is 0 Å². The first-order valence-corrected chi connectivity index (χ1v) is 6.79. The summed E-state index contributed by atoms with van der Waals surface area (Å²) >= 11 is 0. The second kappa shape index (κ2) is 4.52. The van der Waals surface area contributed by atoms with Gasteiger partial charge in [-0.2, -0.15) is 0 Å². The predicted octanol–water partition coefficient (Wildman–Crippen LogP) is 1.31. The molecule has 1 aliphatic heterocycles. The quantitative estimate of drug-likeness (QED) is 0.827. The average molecular weight is 247 g/mol. The van der Waals surface area contributed by atoms with Crippen molar-refractivity contribution in [1.29, 1.82) is 0 Å². The molecule has 1 aromatic heterocycles. The summed E-state index contributed by atoms with van der Waals surface area (Å²) in [7, 11) is 0. The Kier molecular flexibility index (Phi) is 2.99. The molecule has 18 heavy (non-hydrogen) atoms. The van der Waals surface area contributed by atoms with Crippen LogP contribution in [0.25, 0.3) is 0 Å². The number of nitrogens with two attached hydrogens (primary N) is 1. The summed E-state index contributed by atoms with van der Waals surface area (Å²) in [5.41, 5.74) is 7.03. The molecule has 0 spiro atoms. The highest BCUT2D eigenvalue weighted by molar-refractivity contribution is 5.43. The minimum absolute atomic E-state index is 0.0412. The molecule has 2 heterocycles. The molecule has 0 amide bonds. The monoisotopic (exact) mass is 247 g/mol. The van der Waals surface area contributed by atoms with Crippen LogP contribution in [0.5, 0.6) is 0 Å². The maximum atomic E-state index is 9.94. The van der Waals surface area contributed by atoms with Gasteiger partial charge in [-0.25, -0.2) is 4.98 Å². The van der Waals surface area contributed by atoms with Gasteiger partial charge in [0.15, 0.2) is 0 Å². The molecule has 4 heteroatoms. The number of hydrogen-bond donors (Lipinski definition) is 2. The van der Waals surface area contributed by atoms with Crippen LogP contribution >= 0.6 is 0 Å². The molecule has 1 aliphatic carbocycles. The van der Waals surface area contributed by atoms with Crippen LogP contribution in [0.3, 0.4) is 0 Å². The Balaban J connectivity index is 1.78.